The predicted octanol–water partition coefficient (Wildman–Crippen LogP) is 4.28. The Balaban J connectivity index is 2.19. The van der Waals surface area contributed by atoms with Gasteiger partial charge in [0.2, 0.25) is 0 Å². The number of halogens is 2. The molecule has 1 amide bonds. The summed E-state index contributed by atoms with van der Waals surface area (Å²) >= 11 is 0. The Hall–Kier alpha value is -3.16. The van der Waals surface area contributed by atoms with Crippen molar-refractivity contribution < 1.29 is 33.0 Å². The van der Waals surface area contributed by atoms with Gasteiger partial charge in [-0.15, -0.1) is 0 Å². The van der Waals surface area contributed by atoms with E-state index in [9.17, 15) is 23.5 Å². The lowest BCUT2D eigenvalue weighted by Gasteiger charge is -2.22. The van der Waals surface area contributed by atoms with Crippen molar-refractivity contribution in [3.63, 3.8) is 0 Å². The third kappa shape index (κ3) is 6.22. The maximum absolute atomic E-state index is 13.9. The summed E-state index contributed by atoms with van der Waals surface area (Å²) in [6, 6.07) is 7.95. The molecule has 8 heteroatoms. The van der Waals surface area contributed by atoms with E-state index in [4.69, 9.17) is 9.47 Å². The number of benzene rings is 2. The van der Waals surface area contributed by atoms with Crippen LogP contribution in [0.1, 0.15) is 26.3 Å². The molecule has 0 saturated carbocycles. The molecule has 2 rings (SSSR count). The van der Waals surface area contributed by atoms with Crippen LogP contribution in [0.5, 0.6) is 11.5 Å². The van der Waals surface area contributed by atoms with Crippen molar-refractivity contribution in [1.29, 1.82) is 0 Å². The molecule has 0 bridgehead atoms. The monoisotopic (exact) mass is 393 g/mol. The second-order valence-electron chi connectivity index (χ2n) is 7.03. The quantitative estimate of drug-likeness (QED) is 0.765. The molecule has 1 atom stereocenters. The number of hydrogen-bond donors (Lipinski definition) is 2. The first-order chi connectivity index (χ1) is 13.0. The molecule has 2 aromatic rings. The largest absolute Gasteiger partial charge is 0.480 e. The number of amides is 1. The van der Waals surface area contributed by atoms with Gasteiger partial charge < -0.3 is 19.9 Å². The number of carbonyl (C=O) groups is 2. The van der Waals surface area contributed by atoms with Gasteiger partial charge >= 0.3 is 12.1 Å². The Morgan fingerprint density at radius 3 is 2.39 bits per heavy atom. The first kappa shape index (κ1) is 21.1. The minimum Gasteiger partial charge on any atom is -0.480 e. The summed E-state index contributed by atoms with van der Waals surface area (Å²) in [6.45, 7) is 4.97. The number of hydrogen-bond acceptors (Lipinski definition) is 4. The highest BCUT2D eigenvalue weighted by Crippen LogP contribution is 2.28. The smallest absolute Gasteiger partial charge is 0.408 e. The van der Waals surface area contributed by atoms with Gasteiger partial charge in [-0.3, -0.25) is 0 Å². The molecule has 0 aromatic heterocycles. The molecule has 0 radical (unpaired) electrons. The molecule has 0 aliphatic heterocycles. The third-order valence-corrected chi connectivity index (χ3v) is 3.50. The van der Waals surface area contributed by atoms with Gasteiger partial charge in [0.05, 0.1) is 0 Å². The first-order valence-corrected chi connectivity index (χ1v) is 8.48. The lowest BCUT2D eigenvalue weighted by atomic mass is 10.0. The van der Waals surface area contributed by atoms with Gasteiger partial charge in [0.25, 0.3) is 0 Å². The molecule has 0 heterocycles. The van der Waals surface area contributed by atoms with Crippen molar-refractivity contribution in [3.05, 3.63) is 59.7 Å². The van der Waals surface area contributed by atoms with Crippen LogP contribution in [-0.4, -0.2) is 28.8 Å². The fourth-order valence-electron chi connectivity index (χ4n) is 2.32. The standard InChI is InChI=1S/C20H21F2NO5/c1-20(2,3)28-19(26)23-15(18(24)25)10-12-6-4-5-7-16(12)27-17-9-8-13(21)11-14(17)22/h4-9,11,15H,10H2,1-3H3,(H,23,26)(H,24,25). The minimum atomic E-state index is -1.29. The maximum Gasteiger partial charge on any atom is 0.408 e. The molecule has 150 valence electrons. The number of aliphatic carboxylic acids is 1. The number of rotatable bonds is 6. The molecule has 0 fully saturated rings. The molecule has 2 aromatic carbocycles. The molecular formula is C20H21F2NO5. The molecule has 28 heavy (non-hydrogen) atoms. The molecule has 0 saturated heterocycles. The average molecular weight is 393 g/mol. The molecule has 6 nitrogen and oxygen atoms in total. The Bertz CT molecular complexity index is 864. The summed E-state index contributed by atoms with van der Waals surface area (Å²) < 4.78 is 37.5. The highest BCUT2D eigenvalue weighted by atomic mass is 19.1. The van der Waals surface area contributed by atoms with E-state index in [0.29, 0.717) is 11.6 Å². The van der Waals surface area contributed by atoms with E-state index >= 15 is 0 Å². The molecule has 0 aliphatic rings. The summed E-state index contributed by atoms with van der Waals surface area (Å²) in [6.07, 6.45) is -1.00. The Labute approximate surface area is 161 Å². The van der Waals surface area contributed by atoms with Crippen LogP contribution in [0, 0.1) is 11.6 Å². The van der Waals surface area contributed by atoms with Gasteiger partial charge in [-0.1, -0.05) is 18.2 Å². The van der Waals surface area contributed by atoms with Crippen LogP contribution in [-0.2, 0) is 16.0 Å². The summed E-state index contributed by atoms with van der Waals surface area (Å²) in [5, 5.41) is 11.7. The van der Waals surface area contributed by atoms with Gasteiger partial charge in [0.1, 0.15) is 23.2 Å². The van der Waals surface area contributed by atoms with E-state index in [2.05, 4.69) is 5.32 Å². The van der Waals surface area contributed by atoms with Gasteiger partial charge in [0.15, 0.2) is 11.6 Å². The SMILES string of the molecule is CC(C)(C)OC(=O)NC(Cc1ccccc1Oc1ccc(F)cc1F)C(=O)O. The molecule has 0 aliphatic carbocycles. The first-order valence-electron chi connectivity index (χ1n) is 8.48. The molecule has 2 N–H and O–H groups in total. The average Bonchev–Trinajstić information content (AvgIpc) is 2.56. The van der Waals surface area contributed by atoms with E-state index < -0.39 is 35.3 Å². The Morgan fingerprint density at radius 1 is 1.11 bits per heavy atom. The van der Waals surface area contributed by atoms with Crippen LogP contribution in [0.4, 0.5) is 13.6 Å². The second-order valence-corrected chi connectivity index (χ2v) is 7.03. The summed E-state index contributed by atoms with van der Waals surface area (Å²) in [7, 11) is 0. The zero-order chi connectivity index (χ0) is 20.9. The van der Waals surface area contributed by atoms with Crippen molar-refractivity contribution >= 4 is 12.1 Å². The van der Waals surface area contributed by atoms with Gasteiger partial charge in [-0.05, 0) is 44.5 Å². The fraction of sp³-hybridized carbons (Fsp3) is 0.300. The van der Waals surface area contributed by atoms with Crippen LogP contribution in [0.15, 0.2) is 42.5 Å². The topological polar surface area (TPSA) is 84.9 Å². The highest BCUT2D eigenvalue weighted by Gasteiger charge is 2.25. The van der Waals surface area contributed by atoms with E-state index in [1.165, 1.54) is 6.07 Å². The van der Waals surface area contributed by atoms with Crippen molar-refractivity contribution in [2.24, 2.45) is 0 Å². The van der Waals surface area contributed by atoms with Crippen LogP contribution in [0.3, 0.4) is 0 Å². The Morgan fingerprint density at radius 2 is 1.79 bits per heavy atom. The molecule has 0 spiro atoms. The fourth-order valence-corrected chi connectivity index (χ4v) is 2.32. The number of ether oxygens (including phenoxy) is 2. The summed E-state index contributed by atoms with van der Waals surface area (Å²) in [4.78, 5) is 23.5. The number of alkyl carbamates (subject to hydrolysis) is 1. The van der Waals surface area contributed by atoms with Gasteiger partial charge in [-0.2, -0.15) is 0 Å². The number of carboxylic acid groups (broad SMARTS) is 1. The maximum atomic E-state index is 13.9. The van der Waals surface area contributed by atoms with Crippen molar-refractivity contribution in [1.82, 2.24) is 5.32 Å². The highest BCUT2D eigenvalue weighted by molar-refractivity contribution is 5.80. The van der Waals surface area contributed by atoms with Crippen molar-refractivity contribution in [2.45, 2.75) is 38.8 Å². The zero-order valence-electron chi connectivity index (χ0n) is 15.7. The van der Waals surface area contributed by atoms with E-state index in [1.807, 2.05) is 0 Å². The minimum absolute atomic E-state index is 0.131. The number of para-hydroxylation sites is 1. The number of nitrogens with one attached hydrogen (secondary N) is 1. The van der Waals surface area contributed by atoms with E-state index in [-0.39, 0.29) is 17.9 Å². The summed E-state index contributed by atoms with van der Waals surface area (Å²) in [5.74, 6) is -2.93. The lowest BCUT2D eigenvalue weighted by molar-refractivity contribution is -0.139. The lowest BCUT2D eigenvalue weighted by Crippen LogP contribution is -2.44. The Kier molecular flexibility index (Phi) is 6.56. The van der Waals surface area contributed by atoms with Crippen LogP contribution >= 0.6 is 0 Å². The predicted molar refractivity (Wildman–Crippen MR) is 97.4 cm³/mol. The normalized spacial score (nSPS) is 12.2. The second kappa shape index (κ2) is 8.69. The van der Waals surface area contributed by atoms with Gasteiger partial charge in [-0.25, -0.2) is 18.4 Å². The van der Waals surface area contributed by atoms with Crippen molar-refractivity contribution in [2.75, 3.05) is 0 Å². The summed E-state index contributed by atoms with van der Waals surface area (Å²) in [5.41, 5.74) is -0.372. The van der Waals surface area contributed by atoms with Crippen LogP contribution in [0.25, 0.3) is 0 Å². The van der Waals surface area contributed by atoms with E-state index in [1.54, 1.807) is 39.0 Å². The zero-order valence-corrected chi connectivity index (χ0v) is 15.7. The van der Waals surface area contributed by atoms with Crippen LogP contribution in [0.2, 0.25) is 0 Å². The van der Waals surface area contributed by atoms with Gasteiger partial charge in [0, 0.05) is 12.5 Å². The number of carbonyl (C=O) groups excluding carboxylic acids is 1. The van der Waals surface area contributed by atoms with E-state index in [0.717, 1.165) is 12.1 Å². The third-order valence-electron chi connectivity index (χ3n) is 3.50. The molecular weight excluding hydrogens is 372 g/mol. The number of carboxylic acids is 1. The molecule has 1 unspecified atom stereocenters. The van der Waals surface area contributed by atoms with Crippen molar-refractivity contribution in [3.8, 4) is 11.5 Å². The van der Waals surface area contributed by atoms with Crippen LogP contribution < -0.4 is 10.1 Å².